The molecular formula is C42H65N5O11. The molecule has 2 heterocycles. The van der Waals surface area contributed by atoms with Crippen LogP contribution >= 0.6 is 0 Å². The molecule has 0 radical (unpaired) electrons. The number of hydrogen-bond acceptors (Lipinski definition) is 14. The number of hydrazine groups is 1. The third-order valence-electron chi connectivity index (χ3n) is 10.7. The van der Waals surface area contributed by atoms with Gasteiger partial charge in [0.15, 0.2) is 0 Å². The van der Waals surface area contributed by atoms with E-state index in [-0.39, 0.29) is 92.4 Å². The Bertz CT molecular complexity index is 1530. The van der Waals surface area contributed by atoms with E-state index in [1.54, 1.807) is 7.11 Å². The third-order valence-corrected chi connectivity index (χ3v) is 10.7. The van der Waals surface area contributed by atoms with Crippen LogP contribution in [0.3, 0.4) is 0 Å². The second-order valence-electron chi connectivity index (χ2n) is 15.9. The normalized spacial score (nSPS) is 25.2. The number of Topliss-reactive ketones (excluding diaryl/α,β-unsaturated/α-hetero) is 2. The molecule has 4 rings (SSSR count). The third kappa shape index (κ3) is 14.9. The minimum atomic E-state index is -0.823. The van der Waals surface area contributed by atoms with Crippen molar-refractivity contribution in [3.63, 3.8) is 0 Å². The number of allylic oxidation sites excluding steroid dienone is 1. The van der Waals surface area contributed by atoms with Gasteiger partial charge in [-0.25, -0.2) is 10.9 Å². The van der Waals surface area contributed by atoms with Gasteiger partial charge in [0.25, 0.3) is 0 Å². The number of ether oxygens (including phenoxy) is 6. The molecule has 16 nitrogen and oxygen atoms in total. The van der Waals surface area contributed by atoms with Gasteiger partial charge in [0.05, 0.1) is 58.1 Å². The van der Waals surface area contributed by atoms with Crippen LogP contribution in [0.1, 0.15) is 72.3 Å². The number of benzene rings is 1. The maximum atomic E-state index is 12.9. The van der Waals surface area contributed by atoms with E-state index in [0.717, 1.165) is 18.4 Å². The van der Waals surface area contributed by atoms with E-state index in [0.29, 0.717) is 39.3 Å². The number of nitrogens with one attached hydrogen (secondary N) is 5. The van der Waals surface area contributed by atoms with Gasteiger partial charge in [-0.05, 0) is 58.4 Å². The molecule has 324 valence electrons. The maximum absolute atomic E-state index is 12.9. The Morgan fingerprint density at radius 1 is 0.948 bits per heavy atom. The van der Waals surface area contributed by atoms with Crippen LogP contribution in [0.4, 0.5) is 0 Å². The fourth-order valence-corrected chi connectivity index (χ4v) is 7.36. The van der Waals surface area contributed by atoms with Crippen molar-refractivity contribution >= 4 is 29.4 Å². The molecule has 1 saturated carbocycles. The summed E-state index contributed by atoms with van der Waals surface area (Å²) in [5, 5.41) is 8.14. The SMILES string of the molecule is COC1C(OC(=O)CCCOCCOCCNC(=O)CNN[C@@H](Cc2ccccc2)C(=O)NCC(=O)C(=O)CNC(C)C)CC[C@]2(CO2)C1C1(C)O[C@@H]1CC=C(C)C. The van der Waals surface area contributed by atoms with Gasteiger partial charge < -0.3 is 44.4 Å². The van der Waals surface area contributed by atoms with E-state index in [2.05, 4.69) is 53.6 Å². The molecule has 1 aromatic rings. The first kappa shape index (κ1) is 47.1. The molecule has 2 saturated heterocycles. The number of epoxide rings is 2. The lowest BCUT2D eigenvalue weighted by molar-refractivity contribution is -0.172. The molecular weight excluding hydrogens is 750 g/mol. The highest BCUT2D eigenvalue weighted by molar-refractivity contribution is 6.39. The first-order chi connectivity index (χ1) is 27.8. The van der Waals surface area contributed by atoms with Crippen molar-refractivity contribution in [3.8, 4) is 0 Å². The van der Waals surface area contributed by atoms with E-state index in [9.17, 15) is 24.0 Å². The number of amides is 2. The zero-order valence-electron chi connectivity index (χ0n) is 35.0. The number of methoxy groups -OCH3 is 1. The van der Waals surface area contributed by atoms with E-state index < -0.39 is 30.1 Å². The molecule has 5 N–H and O–H groups in total. The largest absolute Gasteiger partial charge is 0.460 e. The summed E-state index contributed by atoms with van der Waals surface area (Å²) < 4.78 is 35.3. The second-order valence-corrected chi connectivity index (χ2v) is 15.9. The van der Waals surface area contributed by atoms with Gasteiger partial charge in [0.1, 0.15) is 29.5 Å². The summed E-state index contributed by atoms with van der Waals surface area (Å²) in [6.45, 7) is 11.6. The fourth-order valence-electron chi connectivity index (χ4n) is 7.36. The monoisotopic (exact) mass is 815 g/mol. The lowest BCUT2D eigenvalue weighted by Gasteiger charge is -2.42. The van der Waals surface area contributed by atoms with Gasteiger partial charge in [-0.2, -0.15) is 0 Å². The van der Waals surface area contributed by atoms with Crippen LogP contribution in [0.25, 0.3) is 0 Å². The molecule has 1 aliphatic carbocycles. The van der Waals surface area contributed by atoms with Crippen LogP contribution < -0.4 is 26.8 Å². The predicted molar refractivity (Wildman–Crippen MR) is 215 cm³/mol. The number of ketones is 2. The molecule has 1 spiro atoms. The summed E-state index contributed by atoms with van der Waals surface area (Å²) in [5.74, 6) is -2.44. The van der Waals surface area contributed by atoms with Crippen LogP contribution in [0.5, 0.6) is 0 Å². The van der Waals surface area contributed by atoms with Crippen LogP contribution in [0.2, 0.25) is 0 Å². The Morgan fingerprint density at radius 3 is 2.33 bits per heavy atom. The van der Waals surface area contributed by atoms with E-state index in [4.69, 9.17) is 28.4 Å². The van der Waals surface area contributed by atoms with E-state index in [1.807, 2.05) is 44.2 Å². The fraction of sp³-hybridized carbons (Fsp3) is 0.690. The van der Waals surface area contributed by atoms with E-state index in [1.165, 1.54) is 5.57 Å². The summed E-state index contributed by atoms with van der Waals surface area (Å²) in [6, 6.07) is 8.49. The molecule has 16 heteroatoms. The first-order valence-electron chi connectivity index (χ1n) is 20.5. The molecule has 2 amide bonds. The summed E-state index contributed by atoms with van der Waals surface area (Å²) in [7, 11) is 1.66. The summed E-state index contributed by atoms with van der Waals surface area (Å²) in [6.07, 6.45) is 4.91. The number of hydrogen-bond donors (Lipinski definition) is 5. The van der Waals surface area contributed by atoms with Crippen molar-refractivity contribution in [1.82, 2.24) is 26.8 Å². The Morgan fingerprint density at radius 2 is 1.66 bits per heavy atom. The Kier molecular flexibility index (Phi) is 18.9. The minimum Gasteiger partial charge on any atom is -0.460 e. The summed E-state index contributed by atoms with van der Waals surface area (Å²) in [5.41, 5.74) is 7.08. The zero-order chi connectivity index (χ0) is 42.1. The molecule has 1 aromatic carbocycles. The molecule has 0 bridgehead atoms. The van der Waals surface area contributed by atoms with Gasteiger partial charge in [0.2, 0.25) is 23.4 Å². The number of carbonyl (C=O) groups excluding carboxylic acids is 5. The van der Waals surface area contributed by atoms with Crippen molar-refractivity contribution in [3.05, 3.63) is 47.5 Å². The number of rotatable bonds is 28. The smallest absolute Gasteiger partial charge is 0.306 e. The molecule has 3 fully saturated rings. The topological polar surface area (TPSA) is 207 Å². The van der Waals surface area contributed by atoms with Crippen LogP contribution in [-0.4, -0.2) is 137 Å². The van der Waals surface area contributed by atoms with Gasteiger partial charge >= 0.3 is 5.97 Å². The molecule has 0 aromatic heterocycles. The highest BCUT2D eigenvalue weighted by atomic mass is 16.6. The molecule has 58 heavy (non-hydrogen) atoms. The Labute approximate surface area is 342 Å². The molecule has 3 aliphatic rings. The quantitative estimate of drug-likeness (QED) is 0.0203. The van der Waals surface area contributed by atoms with Gasteiger partial charge in [-0.1, -0.05) is 55.8 Å². The lowest BCUT2D eigenvalue weighted by Crippen LogP contribution is -2.55. The Hall–Kier alpha value is -3.61. The highest BCUT2D eigenvalue weighted by Gasteiger charge is 2.72. The highest BCUT2D eigenvalue weighted by Crippen LogP contribution is 2.59. The van der Waals surface area contributed by atoms with Crippen LogP contribution in [0.15, 0.2) is 42.0 Å². The second kappa shape index (κ2) is 23.3. The minimum absolute atomic E-state index is 0.0251. The van der Waals surface area contributed by atoms with Crippen molar-refractivity contribution in [2.45, 2.75) is 115 Å². The maximum Gasteiger partial charge on any atom is 0.306 e. The Balaban J connectivity index is 1.04. The van der Waals surface area contributed by atoms with E-state index >= 15 is 0 Å². The first-order valence-corrected chi connectivity index (χ1v) is 20.5. The van der Waals surface area contributed by atoms with Gasteiger partial charge in [-0.3, -0.25) is 24.0 Å². The average molecular weight is 816 g/mol. The predicted octanol–water partition coefficient (Wildman–Crippen LogP) is 1.49. The lowest BCUT2D eigenvalue weighted by atomic mass is 9.68. The summed E-state index contributed by atoms with van der Waals surface area (Å²) >= 11 is 0. The van der Waals surface area contributed by atoms with Crippen molar-refractivity contribution in [2.75, 3.05) is 66.3 Å². The number of carbonyl (C=O) groups is 5. The van der Waals surface area contributed by atoms with Gasteiger partial charge in [0, 0.05) is 32.7 Å². The molecule has 7 atom stereocenters. The summed E-state index contributed by atoms with van der Waals surface area (Å²) in [4.78, 5) is 62.4. The van der Waals surface area contributed by atoms with Crippen molar-refractivity contribution < 1.29 is 52.4 Å². The van der Waals surface area contributed by atoms with Crippen LogP contribution in [0, 0.1) is 5.92 Å². The van der Waals surface area contributed by atoms with Crippen molar-refractivity contribution in [1.29, 1.82) is 0 Å². The van der Waals surface area contributed by atoms with Crippen LogP contribution in [-0.2, 0) is 58.8 Å². The standard InChI is InChI=1S/C42H65N5O11/c1-28(2)14-15-35-41(5,58-35)39-38(53-6)34(16-17-42(39)27-56-42)57-37(51)13-10-19-54-21-22-55-20-18-43-36(50)26-46-47-31(23-30-11-8-7-9-12-30)40(52)45-25-33(49)32(48)24-44-29(3)4/h7-9,11-12,14,29,31,34-35,38-39,44,46-47H,10,13,15-27H2,1-6H3,(H,43,50)(H,45,52)/t31-,34?,35+,38?,39?,41?,42-/m0/s1. The van der Waals surface area contributed by atoms with Gasteiger partial charge in [-0.15, -0.1) is 0 Å². The number of esters is 1. The zero-order valence-corrected chi connectivity index (χ0v) is 35.0. The average Bonchev–Trinajstić information content (AvgIpc) is 4.12. The molecule has 2 aliphatic heterocycles. The van der Waals surface area contributed by atoms with Crippen molar-refractivity contribution in [2.24, 2.45) is 5.92 Å². The molecule has 4 unspecified atom stereocenters.